The summed E-state index contributed by atoms with van der Waals surface area (Å²) in [4.78, 5) is 28.1. The number of aliphatic hydroxyl groups excluding tert-OH is 1. The first kappa shape index (κ1) is 26.0. The Labute approximate surface area is 231 Å². The largest absolute Gasteiger partial charge is 0.503 e. The van der Waals surface area contributed by atoms with E-state index in [0.29, 0.717) is 38.8 Å². The second kappa shape index (κ2) is 11.0. The van der Waals surface area contributed by atoms with Crippen LogP contribution in [-0.4, -0.2) is 33.6 Å². The number of aromatic nitrogens is 2. The average Bonchev–Trinajstić information content (AvgIpc) is 3.62. The number of furan rings is 1. The van der Waals surface area contributed by atoms with E-state index in [1.54, 1.807) is 37.3 Å². The molecule has 38 heavy (non-hydrogen) atoms. The SMILES string of the molecule is CCOc1ccc(C2C(C(=O)c3ccc(C)o3)=C(O)C(=O)N2c2nnc(SCc3ccccc3Cl)s2)cc1. The van der Waals surface area contributed by atoms with Crippen molar-refractivity contribution in [3.8, 4) is 5.75 Å². The Balaban J connectivity index is 1.49. The Morgan fingerprint density at radius 1 is 1.16 bits per heavy atom. The number of hydrogen-bond acceptors (Lipinski definition) is 9. The van der Waals surface area contributed by atoms with Crippen LogP contribution in [0.2, 0.25) is 5.02 Å². The third-order valence-electron chi connectivity index (χ3n) is 5.83. The van der Waals surface area contributed by atoms with E-state index in [4.69, 9.17) is 20.8 Å². The van der Waals surface area contributed by atoms with Crippen LogP contribution >= 0.6 is 34.7 Å². The Morgan fingerprint density at radius 3 is 2.61 bits per heavy atom. The van der Waals surface area contributed by atoms with Crippen molar-refractivity contribution in [2.75, 3.05) is 11.5 Å². The first-order valence-corrected chi connectivity index (χ1v) is 13.9. The summed E-state index contributed by atoms with van der Waals surface area (Å²) in [7, 11) is 0. The van der Waals surface area contributed by atoms with Crippen molar-refractivity contribution in [3.63, 3.8) is 0 Å². The van der Waals surface area contributed by atoms with Gasteiger partial charge in [0, 0.05) is 10.8 Å². The van der Waals surface area contributed by atoms with Crippen LogP contribution in [0.15, 0.2) is 80.8 Å². The van der Waals surface area contributed by atoms with Gasteiger partial charge in [0.2, 0.25) is 10.9 Å². The fourth-order valence-corrected chi connectivity index (χ4v) is 6.22. The molecule has 0 aliphatic carbocycles. The molecule has 1 unspecified atom stereocenters. The van der Waals surface area contributed by atoms with Gasteiger partial charge in [-0.3, -0.25) is 14.5 Å². The van der Waals surface area contributed by atoms with E-state index in [0.717, 1.165) is 5.56 Å². The third-order valence-corrected chi connectivity index (χ3v) is 8.31. The molecule has 3 heterocycles. The smallest absolute Gasteiger partial charge is 0.296 e. The minimum absolute atomic E-state index is 0.0304. The first-order chi connectivity index (χ1) is 18.4. The molecule has 1 atom stereocenters. The number of halogens is 1. The standard InChI is InChI=1S/C27H22ClN3O5S2/c1-3-35-18-11-9-16(10-12-18)22-21(23(32)20-13-8-15(2)36-20)24(33)25(34)31(22)26-29-30-27(38-26)37-14-17-6-4-5-7-19(17)28/h4-13,22,33H,3,14H2,1-2H3. The zero-order valence-corrected chi connectivity index (χ0v) is 22.8. The molecule has 194 valence electrons. The summed E-state index contributed by atoms with van der Waals surface area (Å²) in [5.74, 6) is -0.195. The zero-order valence-electron chi connectivity index (χ0n) is 20.4. The summed E-state index contributed by atoms with van der Waals surface area (Å²) in [6, 6.07) is 16.8. The lowest BCUT2D eigenvalue weighted by Crippen LogP contribution is -2.31. The van der Waals surface area contributed by atoms with Gasteiger partial charge in [-0.15, -0.1) is 10.2 Å². The van der Waals surface area contributed by atoms with Gasteiger partial charge in [-0.25, -0.2) is 0 Å². The van der Waals surface area contributed by atoms with Crippen molar-refractivity contribution in [3.05, 3.63) is 99.7 Å². The molecular weight excluding hydrogens is 546 g/mol. The molecule has 0 saturated heterocycles. The minimum Gasteiger partial charge on any atom is -0.503 e. The highest BCUT2D eigenvalue weighted by atomic mass is 35.5. The molecule has 0 fully saturated rings. The molecule has 2 aromatic heterocycles. The van der Waals surface area contributed by atoms with Crippen molar-refractivity contribution >= 4 is 51.5 Å². The highest BCUT2D eigenvalue weighted by Crippen LogP contribution is 2.44. The van der Waals surface area contributed by atoms with Gasteiger partial charge in [0.05, 0.1) is 18.2 Å². The van der Waals surface area contributed by atoms with Crippen LogP contribution in [0.5, 0.6) is 5.75 Å². The number of hydrogen-bond donors (Lipinski definition) is 1. The number of carbonyl (C=O) groups is 2. The molecule has 0 saturated carbocycles. The molecule has 0 radical (unpaired) electrons. The zero-order chi connectivity index (χ0) is 26.8. The number of ether oxygens (including phenoxy) is 1. The van der Waals surface area contributed by atoms with E-state index < -0.39 is 23.5 Å². The number of aliphatic hydroxyl groups is 1. The van der Waals surface area contributed by atoms with E-state index in [9.17, 15) is 14.7 Å². The molecule has 0 bridgehead atoms. The molecule has 1 aliphatic heterocycles. The van der Waals surface area contributed by atoms with E-state index in [2.05, 4.69) is 10.2 Å². The average molecular weight is 568 g/mol. The lowest BCUT2D eigenvalue weighted by atomic mass is 9.95. The van der Waals surface area contributed by atoms with Gasteiger partial charge in [-0.05, 0) is 55.3 Å². The van der Waals surface area contributed by atoms with Gasteiger partial charge in [0.15, 0.2) is 15.9 Å². The molecule has 2 aromatic carbocycles. The van der Waals surface area contributed by atoms with Gasteiger partial charge in [-0.1, -0.05) is 65.0 Å². The Kier molecular flexibility index (Phi) is 7.55. The van der Waals surface area contributed by atoms with Crippen molar-refractivity contribution in [2.24, 2.45) is 0 Å². The molecule has 11 heteroatoms. The van der Waals surface area contributed by atoms with Gasteiger partial charge >= 0.3 is 0 Å². The van der Waals surface area contributed by atoms with Crippen LogP contribution in [0.25, 0.3) is 0 Å². The molecule has 0 spiro atoms. The number of benzene rings is 2. The summed E-state index contributed by atoms with van der Waals surface area (Å²) in [5, 5.41) is 20.3. The van der Waals surface area contributed by atoms with Gasteiger partial charge < -0.3 is 14.3 Å². The van der Waals surface area contributed by atoms with Crippen molar-refractivity contribution in [1.29, 1.82) is 0 Å². The fraction of sp³-hybridized carbons (Fsp3) is 0.185. The highest BCUT2D eigenvalue weighted by Gasteiger charge is 2.46. The molecule has 1 N–H and O–H groups in total. The summed E-state index contributed by atoms with van der Waals surface area (Å²) >= 11 is 8.89. The first-order valence-electron chi connectivity index (χ1n) is 11.7. The van der Waals surface area contributed by atoms with Crippen molar-refractivity contribution in [1.82, 2.24) is 10.2 Å². The number of aryl methyl sites for hydroxylation is 1. The minimum atomic E-state index is -0.939. The Morgan fingerprint density at radius 2 is 1.92 bits per heavy atom. The maximum Gasteiger partial charge on any atom is 0.296 e. The summed E-state index contributed by atoms with van der Waals surface area (Å²) in [5.41, 5.74) is 1.45. The monoisotopic (exact) mass is 567 g/mol. The van der Waals surface area contributed by atoms with E-state index in [1.807, 2.05) is 31.2 Å². The number of rotatable bonds is 9. The number of Topliss-reactive ketones (excluding diaryl/α,β-unsaturated/α-hetero) is 1. The van der Waals surface area contributed by atoms with Crippen LogP contribution < -0.4 is 9.64 Å². The lowest BCUT2D eigenvalue weighted by Gasteiger charge is -2.24. The van der Waals surface area contributed by atoms with Crippen molar-refractivity contribution < 1.29 is 23.8 Å². The molecule has 8 nitrogen and oxygen atoms in total. The molecular formula is C27H22ClN3O5S2. The predicted molar refractivity (Wildman–Crippen MR) is 146 cm³/mol. The second-order valence-electron chi connectivity index (χ2n) is 8.31. The summed E-state index contributed by atoms with van der Waals surface area (Å²) in [6.45, 7) is 4.09. The van der Waals surface area contributed by atoms with Crippen LogP contribution in [-0.2, 0) is 10.5 Å². The second-order valence-corrected chi connectivity index (χ2v) is 10.9. The maximum atomic E-state index is 13.5. The number of carbonyl (C=O) groups excluding carboxylic acids is 2. The predicted octanol–water partition coefficient (Wildman–Crippen LogP) is 6.57. The Bertz CT molecular complexity index is 1530. The number of ketones is 1. The normalized spacial score (nSPS) is 15.4. The quantitative estimate of drug-likeness (QED) is 0.138. The van der Waals surface area contributed by atoms with Gasteiger partial charge in [0.25, 0.3) is 5.91 Å². The number of anilines is 1. The lowest BCUT2D eigenvalue weighted by molar-refractivity contribution is -0.117. The maximum absolute atomic E-state index is 13.5. The third kappa shape index (κ3) is 5.07. The Hall–Kier alpha value is -3.60. The fourth-order valence-electron chi connectivity index (χ4n) is 4.07. The molecule has 1 aliphatic rings. The highest BCUT2D eigenvalue weighted by molar-refractivity contribution is 8.00. The number of amides is 1. The topological polar surface area (TPSA) is 106 Å². The number of thioether (sulfide) groups is 1. The van der Waals surface area contributed by atoms with Crippen molar-refractivity contribution in [2.45, 2.75) is 30.0 Å². The summed E-state index contributed by atoms with van der Waals surface area (Å²) in [6.07, 6.45) is 0. The molecule has 5 rings (SSSR count). The van der Waals surface area contributed by atoms with Crippen LogP contribution in [0.4, 0.5) is 5.13 Å². The van der Waals surface area contributed by atoms with Crippen LogP contribution in [0, 0.1) is 6.92 Å². The molecule has 1 amide bonds. The van der Waals surface area contributed by atoms with Crippen LogP contribution in [0.3, 0.4) is 0 Å². The van der Waals surface area contributed by atoms with E-state index in [-0.39, 0.29) is 16.5 Å². The van der Waals surface area contributed by atoms with Gasteiger partial charge in [0.1, 0.15) is 11.5 Å². The summed E-state index contributed by atoms with van der Waals surface area (Å²) < 4.78 is 11.7. The van der Waals surface area contributed by atoms with Crippen LogP contribution in [0.1, 0.15) is 40.4 Å². The van der Waals surface area contributed by atoms with Gasteiger partial charge in [-0.2, -0.15) is 0 Å². The molecule has 4 aromatic rings. The van der Waals surface area contributed by atoms with E-state index >= 15 is 0 Å². The van der Waals surface area contributed by atoms with E-state index in [1.165, 1.54) is 34.1 Å². The number of nitrogens with zero attached hydrogens (tertiary/aromatic N) is 3.